The molecule has 0 bridgehead atoms. The number of barbiturate groups is 1. The van der Waals surface area contributed by atoms with Crippen molar-refractivity contribution >= 4 is 29.2 Å². The lowest BCUT2D eigenvalue weighted by molar-refractivity contribution is -0.384. The molecule has 1 spiro atoms. The number of imide groups is 2. The molecule has 32 heavy (non-hydrogen) atoms. The van der Waals surface area contributed by atoms with Crippen LogP contribution in [0.25, 0.3) is 0 Å². The summed E-state index contributed by atoms with van der Waals surface area (Å²) in [7, 11) is 2.76. The fourth-order valence-electron chi connectivity index (χ4n) is 5.59. The van der Waals surface area contributed by atoms with Crippen LogP contribution in [0.2, 0.25) is 0 Å². The van der Waals surface area contributed by atoms with Crippen molar-refractivity contribution in [1.82, 2.24) is 9.80 Å². The predicted molar refractivity (Wildman–Crippen MR) is 115 cm³/mol. The van der Waals surface area contributed by atoms with Gasteiger partial charge in [-0.2, -0.15) is 0 Å². The van der Waals surface area contributed by atoms with E-state index in [0.29, 0.717) is 18.5 Å². The molecule has 0 N–H and O–H groups in total. The number of hydrogen-bond donors (Lipinski definition) is 0. The molecule has 4 amide bonds. The minimum Gasteiger partial charge on any atom is -0.366 e. The summed E-state index contributed by atoms with van der Waals surface area (Å²) in [5.41, 5.74) is 0.872. The first-order valence-electron chi connectivity index (χ1n) is 10.4. The zero-order valence-corrected chi connectivity index (χ0v) is 17.7. The van der Waals surface area contributed by atoms with E-state index in [1.165, 1.54) is 26.2 Å². The highest BCUT2D eigenvalue weighted by atomic mass is 16.6. The van der Waals surface area contributed by atoms with Gasteiger partial charge in [0.05, 0.1) is 11.0 Å². The summed E-state index contributed by atoms with van der Waals surface area (Å²) in [4.78, 5) is 54.5. The molecule has 3 aliphatic heterocycles. The summed E-state index contributed by atoms with van der Waals surface area (Å²) in [6.07, 6.45) is 0.583. The lowest BCUT2D eigenvalue weighted by Gasteiger charge is -2.50. The third-order valence-corrected chi connectivity index (χ3v) is 7.14. The zero-order chi connectivity index (χ0) is 22.8. The molecule has 9 heteroatoms. The molecule has 3 aliphatic rings. The molecule has 2 aromatic rings. The summed E-state index contributed by atoms with van der Waals surface area (Å²) in [5.74, 6) is -1.02. The highest BCUT2D eigenvalue weighted by Crippen LogP contribution is 2.52. The summed E-state index contributed by atoms with van der Waals surface area (Å²) in [6, 6.07) is 13.4. The second-order valence-electron chi connectivity index (χ2n) is 8.74. The smallest absolute Gasteiger partial charge is 0.332 e. The molecule has 2 aromatic carbocycles. The first-order chi connectivity index (χ1) is 15.3. The summed E-state index contributed by atoms with van der Waals surface area (Å²) >= 11 is 0. The van der Waals surface area contributed by atoms with Gasteiger partial charge in [0.1, 0.15) is 0 Å². The zero-order valence-electron chi connectivity index (χ0n) is 17.7. The highest BCUT2D eigenvalue weighted by molar-refractivity contribution is 6.20. The Labute approximate surface area is 184 Å². The summed E-state index contributed by atoms with van der Waals surface area (Å²) < 4.78 is 0. The lowest BCUT2D eigenvalue weighted by Crippen LogP contribution is -2.70. The third-order valence-electron chi connectivity index (χ3n) is 7.14. The fraction of sp³-hybridized carbons (Fsp3) is 0.348. The van der Waals surface area contributed by atoms with Crippen LogP contribution in [0, 0.1) is 15.5 Å². The van der Waals surface area contributed by atoms with Crippen LogP contribution in [0.15, 0.2) is 48.5 Å². The minimum atomic E-state index is -1.51. The molecular weight excluding hydrogens is 412 g/mol. The molecule has 0 radical (unpaired) electrons. The Morgan fingerprint density at radius 1 is 1.00 bits per heavy atom. The number of nitrogens with zero attached hydrogens (tertiary/aromatic N) is 4. The van der Waals surface area contributed by atoms with Crippen molar-refractivity contribution in [3.8, 4) is 0 Å². The van der Waals surface area contributed by atoms with E-state index >= 15 is 0 Å². The monoisotopic (exact) mass is 434 g/mol. The van der Waals surface area contributed by atoms with E-state index in [-0.39, 0.29) is 18.0 Å². The Morgan fingerprint density at radius 2 is 1.66 bits per heavy atom. The maximum absolute atomic E-state index is 13.6. The van der Waals surface area contributed by atoms with Gasteiger partial charge in [-0.1, -0.05) is 30.3 Å². The molecule has 2 atom stereocenters. The quantitative estimate of drug-likeness (QED) is 0.409. The van der Waals surface area contributed by atoms with E-state index in [1.54, 1.807) is 6.07 Å². The normalized spacial score (nSPS) is 24.1. The van der Waals surface area contributed by atoms with Gasteiger partial charge in [-0.05, 0) is 23.6 Å². The second-order valence-corrected chi connectivity index (χ2v) is 8.74. The van der Waals surface area contributed by atoms with Crippen LogP contribution in [0.5, 0.6) is 0 Å². The van der Waals surface area contributed by atoms with Crippen molar-refractivity contribution < 1.29 is 19.3 Å². The number of carbonyl (C=O) groups excluding carboxylic acids is 3. The molecule has 3 heterocycles. The van der Waals surface area contributed by atoms with E-state index in [9.17, 15) is 24.5 Å². The van der Waals surface area contributed by atoms with Gasteiger partial charge in [0.2, 0.25) is 11.8 Å². The summed E-state index contributed by atoms with van der Waals surface area (Å²) in [5, 5.41) is 11.4. The van der Waals surface area contributed by atoms with Gasteiger partial charge in [-0.15, -0.1) is 0 Å². The van der Waals surface area contributed by atoms with Crippen molar-refractivity contribution in [2.24, 2.45) is 5.41 Å². The Hall–Kier alpha value is -3.75. The maximum Gasteiger partial charge on any atom is 0.332 e. The largest absolute Gasteiger partial charge is 0.366 e. The van der Waals surface area contributed by atoms with E-state index in [0.717, 1.165) is 21.1 Å². The van der Waals surface area contributed by atoms with Crippen molar-refractivity contribution in [2.45, 2.75) is 24.8 Å². The Morgan fingerprint density at radius 3 is 2.28 bits per heavy atom. The molecule has 2 fully saturated rings. The van der Waals surface area contributed by atoms with Crippen LogP contribution in [-0.4, -0.2) is 59.3 Å². The maximum atomic E-state index is 13.6. The number of urea groups is 1. The average molecular weight is 434 g/mol. The third kappa shape index (κ3) is 2.60. The van der Waals surface area contributed by atoms with Gasteiger partial charge < -0.3 is 4.90 Å². The average Bonchev–Trinajstić information content (AvgIpc) is 3.26. The molecule has 0 saturated carbocycles. The molecule has 0 aromatic heterocycles. The molecule has 164 valence electrons. The number of fused-ring (bicyclic) bond motifs is 4. The van der Waals surface area contributed by atoms with Crippen molar-refractivity contribution in [1.29, 1.82) is 0 Å². The highest BCUT2D eigenvalue weighted by Gasteiger charge is 2.64. The van der Waals surface area contributed by atoms with Crippen LogP contribution >= 0.6 is 0 Å². The first kappa shape index (κ1) is 20.2. The van der Waals surface area contributed by atoms with E-state index < -0.39 is 34.2 Å². The van der Waals surface area contributed by atoms with Gasteiger partial charge in [-0.3, -0.25) is 29.5 Å². The Balaban J connectivity index is 1.69. The van der Waals surface area contributed by atoms with Crippen molar-refractivity contribution in [3.63, 3.8) is 0 Å². The number of anilines is 1. The van der Waals surface area contributed by atoms with Gasteiger partial charge in [0.15, 0.2) is 5.41 Å². The number of non-ortho nitro benzene ring substituents is 1. The van der Waals surface area contributed by atoms with E-state index in [1.807, 2.05) is 35.2 Å². The number of carbonyl (C=O) groups is 3. The molecule has 0 unspecified atom stereocenters. The van der Waals surface area contributed by atoms with Crippen molar-refractivity contribution in [2.75, 3.05) is 25.5 Å². The van der Waals surface area contributed by atoms with Crippen LogP contribution < -0.4 is 4.90 Å². The number of amides is 4. The molecule has 0 aliphatic carbocycles. The number of benzene rings is 2. The van der Waals surface area contributed by atoms with Gasteiger partial charge in [0, 0.05) is 50.8 Å². The van der Waals surface area contributed by atoms with Crippen LogP contribution in [0.4, 0.5) is 16.2 Å². The molecule has 5 rings (SSSR count). The standard InChI is InChI=1S/C23H22N4O5/c1-24-20(28)23(21(29)25(2)22(24)30)12-15-10-17(27(31)32)8-9-18(15)26-13-16(11-19(23)26)14-6-4-3-5-7-14/h3-10,16,19H,11-13H2,1-2H3/t16-,19+/m1/s1. The first-order valence-corrected chi connectivity index (χ1v) is 10.4. The van der Waals surface area contributed by atoms with E-state index in [2.05, 4.69) is 0 Å². The second kappa shape index (κ2) is 6.88. The summed E-state index contributed by atoms with van der Waals surface area (Å²) in [6.45, 7) is 0.573. The van der Waals surface area contributed by atoms with Crippen LogP contribution in [-0.2, 0) is 16.0 Å². The number of rotatable bonds is 2. The molecular formula is C23H22N4O5. The van der Waals surface area contributed by atoms with Gasteiger partial charge >= 0.3 is 6.03 Å². The van der Waals surface area contributed by atoms with Crippen LogP contribution in [0.1, 0.15) is 23.5 Å². The number of hydrogen-bond acceptors (Lipinski definition) is 6. The van der Waals surface area contributed by atoms with E-state index in [4.69, 9.17) is 0 Å². The van der Waals surface area contributed by atoms with Gasteiger partial charge in [-0.25, -0.2) is 4.79 Å². The Bertz CT molecular complexity index is 1140. The SMILES string of the molecule is CN1C(=O)N(C)C(=O)C2(Cc3cc([N+](=O)[O-])ccc3N3C[C@H](c4ccccc4)C[C@H]32)C1=O. The van der Waals surface area contributed by atoms with Gasteiger partial charge in [0.25, 0.3) is 5.69 Å². The molecule has 2 saturated heterocycles. The van der Waals surface area contributed by atoms with Crippen molar-refractivity contribution in [3.05, 3.63) is 69.8 Å². The number of nitro groups is 1. The van der Waals surface area contributed by atoms with Crippen LogP contribution in [0.3, 0.4) is 0 Å². The predicted octanol–water partition coefficient (Wildman–Crippen LogP) is 2.55. The topological polar surface area (TPSA) is 104 Å². The number of nitro benzene ring substituents is 1. The Kier molecular flexibility index (Phi) is 4.34. The molecule has 9 nitrogen and oxygen atoms in total. The minimum absolute atomic E-state index is 0.0202. The fourth-order valence-corrected chi connectivity index (χ4v) is 5.59. The lowest BCUT2D eigenvalue weighted by atomic mass is 9.67.